The first kappa shape index (κ1) is 14.4. The summed E-state index contributed by atoms with van der Waals surface area (Å²) in [6, 6.07) is 2.57. The van der Waals surface area contributed by atoms with Crippen molar-refractivity contribution in [1.82, 2.24) is 9.55 Å². The minimum absolute atomic E-state index is 0.00485. The van der Waals surface area contributed by atoms with Gasteiger partial charge in [0.2, 0.25) is 0 Å². The van der Waals surface area contributed by atoms with Crippen molar-refractivity contribution in [2.24, 2.45) is 7.05 Å². The van der Waals surface area contributed by atoms with Crippen molar-refractivity contribution in [3.63, 3.8) is 0 Å². The standard InChI is InChI=1S/C12H9Cl2N3O3/c1-17-5-15-4-9(17)11(18)16-10-7(12(19)20)2-6(13)3-8(10)14/h2-5H,1H3,(H,16,18)(H,19,20). The summed E-state index contributed by atoms with van der Waals surface area (Å²) in [5, 5.41) is 11.8. The number of amides is 1. The van der Waals surface area contributed by atoms with E-state index in [1.165, 1.54) is 29.2 Å². The molecule has 1 aromatic carbocycles. The highest BCUT2D eigenvalue weighted by Gasteiger charge is 2.19. The van der Waals surface area contributed by atoms with E-state index >= 15 is 0 Å². The molecule has 0 unspecified atom stereocenters. The van der Waals surface area contributed by atoms with E-state index in [9.17, 15) is 9.59 Å². The number of aromatic carboxylic acids is 1. The summed E-state index contributed by atoms with van der Waals surface area (Å²) in [5.41, 5.74) is 0.0835. The summed E-state index contributed by atoms with van der Waals surface area (Å²) in [7, 11) is 1.64. The molecule has 1 amide bonds. The Labute approximate surface area is 123 Å². The number of anilines is 1. The SMILES string of the molecule is Cn1cncc1C(=O)Nc1c(Cl)cc(Cl)cc1C(=O)O. The number of rotatable bonds is 3. The molecule has 6 nitrogen and oxygen atoms in total. The lowest BCUT2D eigenvalue weighted by molar-refractivity contribution is 0.0698. The second-order valence-electron chi connectivity index (χ2n) is 3.96. The average Bonchev–Trinajstić information content (AvgIpc) is 2.78. The molecular formula is C12H9Cl2N3O3. The summed E-state index contributed by atoms with van der Waals surface area (Å²) in [6.07, 6.45) is 2.82. The van der Waals surface area contributed by atoms with Crippen LogP contribution in [0.4, 0.5) is 5.69 Å². The van der Waals surface area contributed by atoms with Gasteiger partial charge < -0.3 is 15.0 Å². The van der Waals surface area contributed by atoms with Gasteiger partial charge in [-0.05, 0) is 12.1 Å². The molecule has 1 aromatic heterocycles. The van der Waals surface area contributed by atoms with Gasteiger partial charge in [0.15, 0.2) is 0 Å². The number of aromatic nitrogens is 2. The maximum absolute atomic E-state index is 12.1. The zero-order valence-corrected chi connectivity index (χ0v) is 11.7. The van der Waals surface area contributed by atoms with Crippen LogP contribution < -0.4 is 5.32 Å². The molecule has 0 aliphatic rings. The van der Waals surface area contributed by atoms with Crippen molar-refractivity contribution in [1.29, 1.82) is 0 Å². The van der Waals surface area contributed by atoms with E-state index in [0.717, 1.165) is 0 Å². The number of hydrogen-bond acceptors (Lipinski definition) is 3. The van der Waals surface area contributed by atoms with Crippen LogP contribution in [0.15, 0.2) is 24.7 Å². The summed E-state index contributed by atoms with van der Waals surface area (Å²) in [4.78, 5) is 27.0. The first-order valence-corrected chi connectivity index (χ1v) is 6.15. The molecule has 0 fully saturated rings. The van der Waals surface area contributed by atoms with Gasteiger partial charge in [-0.1, -0.05) is 23.2 Å². The first-order valence-electron chi connectivity index (χ1n) is 5.40. The van der Waals surface area contributed by atoms with Crippen LogP contribution in [0, 0.1) is 0 Å². The minimum atomic E-state index is -1.24. The fraction of sp³-hybridized carbons (Fsp3) is 0.0833. The molecule has 0 atom stereocenters. The van der Waals surface area contributed by atoms with Gasteiger partial charge in [-0.25, -0.2) is 9.78 Å². The van der Waals surface area contributed by atoms with Gasteiger partial charge in [-0.2, -0.15) is 0 Å². The number of benzene rings is 1. The average molecular weight is 314 g/mol. The largest absolute Gasteiger partial charge is 0.478 e. The van der Waals surface area contributed by atoms with Gasteiger partial charge in [0, 0.05) is 12.1 Å². The van der Waals surface area contributed by atoms with Crippen molar-refractivity contribution in [2.45, 2.75) is 0 Å². The second kappa shape index (κ2) is 5.52. The second-order valence-corrected chi connectivity index (χ2v) is 4.80. The molecule has 2 N–H and O–H groups in total. The predicted molar refractivity (Wildman–Crippen MR) is 74.6 cm³/mol. The van der Waals surface area contributed by atoms with Gasteiger partial charge in [-0.3, -0.25) is 4.79 Å². The molecular weight excluding hydrogens is 305 g/mol. The number of nitrogens with zero attached hydrogens (tertiary/aromatic N) is 2. The van der Waals surface area contributed by atoms with Gasteiger partial charge in [0.05, 0.1) is 28.8 Å². The van der Waals surface area contributed by atoms with E-state index in [-0.39, 0.29) is 27.0 Å². The number of carbonyl (C=O) groups excluding carboxylic acids is 1. The lowest BCUT2D eigenvalue weighted by Gasteiger charge is -2.11. The number of aryl methyl sites for hydroxylation is 1. The smallest absolute Gasteiger partial charge is 0.337 e. The van der Waals surface area contributed by atoms with Crippen molar-refractivity contribution in [3.8, 4) is 0 Å². The Morgan fingerprint density at radius 3 is 2.60 bits per heavy atom. The van der Waals surface area contributed by atoms with E-state index in [2.05, 4.69) is 10.3 Å². The highest BCUT2D eigenvalue weighted by Crippen LogP contribution is 2.30. The Hall–Kier alpha value is -2.05. The number of nitrogens with one attached hydrogen (secondary N) is 1. The van der Waals surface area contributed by atoms with Crippen LogP contribution >= 0.6 is 23.2 Å². The van der Waals surface area contributed by atoms with Crippen LogP contribution in [0.25, 0.3) is 0 Å². The third-order valence-corrected chi connectivity index (χ3v) is 3.09. The molecule has 0 saturated carbocycles. The zero-order valence-electron chi connectivity index (χ0n) is 10.2. The Balaban J connectivity index is 2.41. The number of imidazole rings is 1. The predicted octanol–water partition coefficient (Wildman–Crippen LogP) is 2.68. The van der Waals surface area contributed by atoms with Crippen LogP contribution in [0.3, 0.4) is 0 Å². The molecule has 2 aromatic rings. The maximum atomic E-state index is 12.1. The van der Waals surface area contributed by atoms with E-state index in [1.807, 2.05) is 0 Å². The minimum Gasteiger partial charge on any atom is -0.478 e. The fourth-order valence-electron chi connectivity index (χ4n) is 1.62. The Kier molecular flexibility index (Phi) is 3.96. The van der Waals surface area contributed by atoms with Crippen molar-refractivity contribution >= 4 is 40.8 Å². The molecule has 0 aliphatic carbocycles. The van der Waals surface area contributed by atoms with Crippen LogP contribution in [0.2, 0.25) is 10.0 Å². The van der Waals surface area contributed by atoms with Crippen LogP contribution in [-0.2, 0) is 7.05 Å². The Morgan fingerprint density at radius 2 is 2.05 bits per heavy atom. The van der Waals surface area contributed by atoms with Gasteiger partial charge >= 0.3 is 5.97 Å². The Morgan fingerprint density at radius 1 is 1.35 bits per heavy atom. The van der Waals surface area contributed by atoms with E-state index < -0.39 is 11.9 Å². The molecule has 104 valence electrons. The third-order valence-electron chi connectivity index (χ3n) is 2.57. The van der Waals surface area contributed by atoms with E-state index in [4.69, 9.17) is 28.3 Å². The molecule has 20 heavy (non-hydrogen) atoms. The first-order chi connectivity index (χ1) is 9.40. The molecule has 1 heterocycles. The molecule has 0 radical (unpaired) electrons. The summed E-state index contributed by atoms with van der Waals surface area (Å²) in [5.74, 6) is -1.76. The van der Waals surface area contributed by atoms with Crippen LogP contribution in [0.1, 0.15) is 20.8 Å². The van der Waals surface area contributed by atoms with Crippen LogP contribution in [-0.4, -0.2) is 26.5 Å². The number of halogens is 2. The quantitative estimate of drug-likeness (QED) is 0.912. The van der Waals surface area contributed by atoms with E-state index in [1.54, 1.807) is 7.05 Å². The summed E-state index contributed by atoms with van der Waals surface area (Å²) >= 11 is 11.7. The fourth-order valence-corrected chi connectivity index (χ4v) is 2.16. The number of carboxylic acids is 1. The highest BCUT2D eigenvalue weighted by atomic mass is 35.5. The lowest BCUT2D eigenvalue weighted by atomic mass is 10.1. The van der Waals surface area contributed by atoms with Gasteiger partial charge in [-0.15, -0.1) is 0 Å². The topological polar surface area (TPSA) is 84.2 Å². The molecule has 0 spiro atoms. The molecule has 0 saturated heterocycles. The molecule has 0 aliphatic heterocycles. The van der Waals surface area contributed by atoms with Crippen molar-refractivity contribution in [2.75, 3.05) is 5.32 Å². The third kappa shape index (κ3) is 2.76. The number of carbonyl (C=O) groups is 2. The maximum Gasteiger partial charge on any atom is 0.337 e. The van der Waals surface area contributed by atoms with E-state index in [0.29, 0.717) is 0 Å². The van der Waals surface area contributed by atoms with Crippen molar-refractivity contribution in [3.05, 3.63) is 46.0 Å². The summed E-state index contributed by atoms with van der Waals surface area (Å²) in [6.45, 7) is 0. The molecule has 0 bridgehead atoms. The lowest BCUT2D eigenvalue weighted by Crippen LogP contribution is -2.17. The van der Waals surface area contributed by atoms with Crippen LogP contribution in [0.5, 0.6) is 0 Å². The molecule has 8 heteroatoms. The van der Waals surface area contributed by atoms with Crippen molar-refractivity contribution < 1.29 is 14.7 Å². The van der Waals surface area contributed by atoms with Gasteiger partial charge in [0.1, 0.15) is 5.69 Å². The number of hydrogen-bond donors (Lipinski definition) is 2. The monoisotopic (exact) mass is 313 g/mol. The highest BCUT2D eigenvalue weighted by molar-refractivity contribution is 6.38. The summed E-state index contributed by atoms with van der Waals surface area (Å²) < 4.78 is 1.50. The zero-order chi connectivity index (χ0) is 14.9. The number of carboxylic acid groups (broad SMARTS) is 1. The molecule has 2 rings (SSSR count). The normalized spacial score (nSPS) is 10.3. The Bertz CT molecular complexity index is 697. The van der Waals surface area contributed by atoms with Gasteiger partial charge in [0.25, 0.3) is 5.91 Å².